The number of nitrogens with zero attached hydrogens (tertiary/aromatic N) is 5. The van der Waals surface area contributed by atoms with Crippen molar-refractivity contribution in [2.24, 2.45) is 0 Å². The maximum atomic E-state index is 11.8. The van der Waals surface area contributed by atoms with E-state index in [1.165, 1.54) is 0 Å². The predicted molar refractivity (Wildman–Crippen MR) is 82.3 cm³/mol. The van der Waals surface area contributed by atoms with Gasteiger partial charge in [0.1, 0.15) is 0 Å². The lowest BCUT2D eigenvalue weighted by Gasteiger charge is -2.04. The first-order chi connectivity index (χ1) is 10.7. The second kappa shape index (κ2) is 5.97. The SMILES string of the molecule is CCNC(=O)Cc1nccn2c(-c3cnn(CC)c3)cnc12. The summed E-state index contributed by atoms with van der Waals surface area (Å²) >= 11 is 0. The molecule has 0 bridgehead atoms. The van der Waals surface area contributed by atoms with E-state index in [0.717, 1.165) is 17.8 Å². The first kappa shape index (κ1) is 14.2. The molecule has 0 saturated carbocycles. The van der Waals surface area contributed by atoms with Gasteiger partial charge in [0.15, 0.2) is 5.65 Å². The normalized spacial score (nSPS) is 11.0. The molecule has 0 unspecified atom stereocenters. The molecule has 0 fully saturated rings. The Labute approximate surface area is 128 Å². The van der Waals surface area contributed by atoms with Crippen molar-refractivity contribution < 1.29 is 4.79 Å². The topological polar surface area (TPSA) is 77.1 Å². The summed E-state index contributed by atoms with van der Waals surface area (Å²) in [5.41, 5.74) is 3.30. The van der Waals surface area contributed by atoms with Crippen molar-refractivity contribution in [1.82, 2.24) is 29.5 Å². The summed E-state index contributed by atoms with van der Waals surface area (Å²) in [6.07, 6.45) is 9.35. The van der Waals surface area contributed by atoms with E-state index in [1.807, 2.05) is 41.5 Å². The molecule has 7 heteroatoms. The van der Waals surface area contributed by atoms with Crippen molar-refractivity contribution in [3.05, 3.63) is 36.7 Å². The number of amides is 1. The minimum Gasteiger partial charge on any atom is -0.356 e. The van der Waals surface area contributed by atoms with Crippen LogP contribution in [0.3, 0.4) is 0 Å². The molecular weight excluding hydrogens is 280 g/mol. The Morgan fingerprint density at radius 1 is 1.27 bits per heavy atom. The zero-order valence-corrected chi connectivity index (χ0v) is 12.7. The number of carbonyl (C=O) groups excluding carboxylic acids is 1. The fraction of sp³-hybridized carbons (Fsp3) is 0.333. The number of fused-ring (bicyclic) bond motifs is 1. The smallest absolute Gasteiger partial charge is 0.226 e. The molecule has 7 nitrogen and oxygen atoms in total. The van der Waals surface area contributed by atoms with Gasteiger partial charge < -0.3 is 5.32 Å². The van der Waals surface area contributed by atoms with Gasteiger partial charge in [-0.2, -0.15) is 5.10 Å². The molecule has 0 saturated heterocycles. The average Bonchev–Trinajstić information content (AvgIpc) is 3.14. The molecule has 0 aliphatic carbocycles. The van der Waals surface area contributed by atoms with Crippen LogP contribution in [0.1, 0.15) is 19.5 Å². The molecule has 3 aromatic heterocycles. The van der Waals surface area contributed by atoms with Gasteiger partial charge >= 0.3 is 0 Å². The Kier molecular flexibility index (Phi) is 3.86. The summed E-state index contributed by atoms with van der Waals surface area (Å²) < 4.78 is 3.81. The lowest BCUT2D eigenvalue weighted by atomic mass is 10.2. The van der Waals surface area contributed by atoms with Crippen LogP contribution in [0.2, 0.25) is 0 Å². The fourth-order valence-corrected chi connectivity index (χ4v) is 2.39. The number of carbonyl (C=O) groups is 1. The summed E-state index contributed by atoms with van der Waals surface area (Å²) in [4.78, 5) is 20.5. The molecule has 0 radical (unpaired) electrons. The molecule has 0 aliphatic rings. The molecule has 1 amide bonds. The van der Waals surface area contributed by atoms with Gasteiger partial charge in [-0.3, -0.25) is 18.9 Å². The largest absolute Gasteiger partial charge is 0.356 e. The molecule has 22 heavy (non-hydrogen) atoms. The Bertz CT molecular complexity index is 803. The van der Waals surface area contributed by atoms with Gasteiger partial charge in [-0.05, 0) is 13.8 Å². The maximum Gasteiger partial charge on any atom is 0.226 e. The Morgan fingerprint density at radius 2 is 2.14 bits per heavy atom. The number of imidazole rings is 1. The molecule has 1 N–H and O–H groups in total. The van der Waals surface area contributed by atoms with Crippen molar-refractivity contribution in [3.8, 4) is 11.3 Å². The van der Waals surface area contributed by atoms with Gasteiger partial charge in [0, 0.05) is 37.2 Å². The molecule has 3 rings (SSSR count). The van der Waals surface area contributed by atoms with E-state index in [0.29, 0.717) is 17.9 Å². The van der Waals surface area contributed by atoms with Gasteiger partial charge in [-0.15, -0.1) is 0 Å². The summed E-state index contributed by atoms with van der Waals surface area (Å²) in [6, 6.07) is 0. The van der Waals surface area contributed by atoms with Crippen LogP contribution in [0.4, 0.5) is 0 Å². The highest BCUT2D eigenvalue weighted by atomic mass is 16.1. The summed E-state index contributed by atoms with van der Waals surface area (Å²) in [6.45, 7) is 5.36. The number of hydrogen-bond acceptors (Lipinski definition) is 4. The molecule has 0 atom stereocenters. The number of aromatic nitrogens is 5. The Balaban J connectivity index is 1.99. The Hall–Kier alpha value is -2.70. The van der Waals surface area contributed by atoms with Gasteiger partial charge in [-0.1, -0.05) is 0 Å². The quantitative estimate of drug-likeness (QED) is 0.770. The third kappa shape index (κ3) is 2.57. The standard InChI is InChI=1S/C15H18N6O/c1-3-16-14(22)7-12-15-18-9-13(21(15)6-5-17-12)11-8-19-20(4-2)10-11/h5-6,8-10H,3-4,7H2,1-2H3,(H,16,22). The van der Waals surface area contributed by atoms with Crippen molar-refractivity contribution >= 4 is 11.6 Å². The summed E-state index contributed by atoms with van der Waals surface area (Å²) in [5, 5.41) is 7.07. The minimum atomic E-state index is -0.0496. The number of nitrogens with one attached hydrogen (secondary N) is 1. The van der Waals surface area contributed by atoms with E-state index in [1.54, 1.807) is 12.4 Å². The number of likely N-dealkylation sites (N-methyl/N-ethyl adjacent to an activating group) is 1. The molecular formula is C15H18N6O. The molecule has 0 spiro atoms. The zero-order valence-electron chi connectivity index (χ0n) is 12.7. The first-order valence-corrected chi connectivity index (χ1v) is 7.33. The van der Waals surface area contributed by atoms with Crippen LogP contribution in [0.25, 0.3) is 16.9 Å². The first-order valence-electron chi connectivity index (χ1n) is 7.33. The minimum absolute atomic E-state index is 0.0496. The predicted octanol–water partition coefficient (Wildman–Crippen LogP) is 1.29. The summed E-state index contributed by atoms with van der Waals surface area (Å²) in [7, 11) is 0. The molecule has 0 aliphatic heterocycles. The van der Waals surface area contributed by atoms with Crippen LogP contribution in [-0.4, -0.2) is 36.6 Å². The van der Waals surface area contributed by atoms with Gasteiger partial charge in [-0.25, -0.2) is 4.98 Å². The third-order valence-corrected chi connectivity index (χ3v) is 3.46. The highest BCUT2D eigenvalue weighted by molar-refractivity contribution is 5.80. The summed E-state index contributed by atoms with van der Waals surface area (Å²) in [5.74, 6) is -0.0496. The van der Waals surface area contributed by atoms with Crippen LogP contribution in [0, 0.1) is 0 Å². The van der Waals surface area contributed by atoms with Crippen LogP contribution < -0.4 is 5.32 Å². The number of rotatable bonds is 5. The third-order valence-electron chi connectivity index (χ3n) is 3.46. The number of aryl methyl sites for hydroxylation is 1. The highest BCUT2D eigenvalue weighted by Gasteiger charge is 2.13. The Morgan fingerprint density at radius 3 is 2.86 bits per heavy atom. The van der Waals surface area contributed by atoms with Crippen LogP contribution in [0.15, 0.2) is 31.0 Å². The monoisotopic (exact) mass is 298 g/mol. The van der Waals surface area contributed by atoms with E-state index >= 15 is 0 Å². The van der Waals surface area contributed by atoms with E-state index < -0.39 is 0 Å². The van der Waals surface area contributed by atoms with Crippen molar-refractivity contribution in [1.29, 1.82) is 0 Å². The van der Waals surface area contributed by atoms with E-state index in [9.17, 15) is 4.79 Å². The highest BCUT2D eigenvalue weighted by Crippen LogP contribution is 2.21. The molecule has 3 heterocycles. The number of hydrogen-bond donors (Lipinski definition) is 1. The van der Waals surface area contributed by atoms with E-state index in [2.05, 4.69) is 20.4 Å². The van der Waals surface area contributed by atoms with Crippen molar-refractivity contribution in [2.75, 3.05) is 6.54 Å². The second-order valence-electron chi connectivity index (χ2n) is 4.93. The van der Waals surface area contributed by atoms with Crippen molar-refractivity contribution in [3.63, 3.8) is 0 Å². The van der Waals surface area contributed by atoms with E-state index in [-0.39, 0.29) is 12.3 Å². The average molecular weight is 298 g/mol. The second-order valence-corrected chi connectivity index (χ2v) is 4.93. The van der Waals surface area contributed by atoms with Crippen LogP contribution >= 0.6 is 0 Å². The lowest BCUT2D eigenvalue weighted by Crippen LogP contribution is -2.25. The molecule has 114 valence electrons. The van der Waals surface area contributed by atoms with Crippen LogP contribution in [0.5, 0.6) is 0 Å². The van der Waals surface area contributed by atoms with Gasteiger partial charge in [0.2, 0.25) is 5.91 Å². The molecule has 0 aromatic carbocycles. The van der Waals surface area contributed by atoms with E-state index in [4.69, 9.17) is 0 Å². The van der Waals surface area contributed by atoms with Gasteiger partial charge in [0.25, 0.3) is 0 Å². The van der Waals surface area contributed by atoms with Crippen molar-refractivity contribution in [2.45, 2.75) is 26.8 Å². The molecule has 3 aromatic rings. The van der Waals surface area contributed by atoms with Gasteiger partial charge in [0.05, 0.1) is 30.2 Å². The lowest BCUT2D eigenvalue weighted by molar-refractivity contribution is -0.120. The fourth-order valence-electron chi connectivity index (χ4n) is 2.39. The maximum absolute atomic E-state index is 11.8. The van der Waals surface area contributed by atoms with Crippen LogP contribution in [-0.2, 0) is 17.8 Å². The zero-order chi connectivity index (χ0) is 15.5.